The van der Waals surface area contributed by atoms with Gasteiger partial charge in [0.1, 0.15) is 0 Å². The predicted molar refractivity (Wildman–Crippen MR) is 64.4 cm³/mol. The van der Waals surface area contributed by atoms with Gasteiger partial charge in [0.2, 0.25) is 0 Å². The number of carboxylic acids is 1. The molecule has 1 aromatic carbocycles. The Morgan fingerprint density at radius 2 is 1.94 bits per heavy atom. The monoisotopic (exact) mass is 324 g/mol. The van der Waals surface area contributed by atoms with E-state index in [1.165, 1.54) is 0 Å². The Morgan fingerprint density at radius 1 is 1.33 bits per heavy atom. The predicted octanol–water partition coefficient (Wildman–Crippen LogP) is 4.35. The lowest BCUT2D eigenvalue weighted by atomic mass is 9.93. The average Bonchev–Trinajstić information content (AvgIpc) is 2.24. The van der Waals surface area contributed by atoms with E-state index in [0.29, 0.717) is 10.0 Å². The lowest BCUT2D eigenvalue weighted by Crippen LogP contribution is -2.14. The number of aliphatic carboxylic acids is 1. The average molecular weight is 325 g/mol. The number of carboxylic acid groups (broad SMARTS) is 1. The lowest BCUT2D eigenvalue weighted by Gasteiger charge is -2.15. The zero-order chi connectivity index (χ0) is 13.8. The summed E-state index contributed by atoms with van der Waals surface area (Å²) in [6.45, 7) is 0. The van der Waals surface area contributed by atoms with Crippen LogP contribution in [0.15, 0.2) is 28.7 Å². The van der Waals surface area contributed by atoms with Gasteiger partial charge >= 0.3 is 12.1 Å². The SMILES string of the molecule is O=C(O)C(CCCC(F)(F)F)c1ccccc1Br. The summed E-state index contributed by atoms with van der Waals surface area (Å²) in [4.78, 5) is 11.1. The van der Waals surface area contributed by atoms with Crippen LogP contribution in [0.2, 0.25) is 0 Å². The molecule has 0 aromatic heterocycles. The molecule has 18 heavy (non-hydrogen) atoms. The van der Waals surface area contributed by atoms with Gasteiger partial charge in [0.15, 0.2) is 0 Å². The third-order valence-corrected chi connectivity index (χ3v) is 3.25. The van der Waals surface area contributed by atoms with Gasteiger partial charge in [0.25, 0.3) is 0 Å². The Bertz CT molecular complexity index is 418. The quantitative estimate of drug-likeness (QED) is 0.874. The first-order chi connectivity index (χ1) is 8.31. The van der Waals surface area contributed by atoms with E-state index in [2.05, 4.69) is 15.9 Å². The number of hydrogen-bond donors (Lipinski definition) is 1. The van der Waals surface area contributed by atoms with Crippen LogP contribution in [-0.2, 0) is 4.79 Å². The number of benzene rings is 1. The van der Waals surface area contributed by atoms with Crippen molar-refractivity contribution in [3.05, 3.63) is 34.3 Å². The Labute approximate surface area is 111 Å². The van der Waals surface area contributed by atoms with Crippen molar-refractivity contribution in [3.63, 3.8) is 0 Å². The molecule has 0 saturated carbocycles. The Morgan fingerprint density at radius 3 is 2.44 bits per heavy atom. The number of halogens is 4. The Hall–Kier alpha value is -1.04. The second-order valence-electron chi connectivity index (χ2n) is 3.92. The van der Waals surface area contributed by atoms with Gasteiger partial charge in [-0.1, -0.05) is 34.1 Å². The molecule has 0 saturated heterocycles. The molecule has 2 nitrogen and oxygen atoms in total. The standard InChI is InChI=1S/C12H12BrF3O2/c13-10-6-2-1-4-8(10)9(11(17)18)5-3-7-12(14,15)16/h1-2,4,6,9H,3,5,7H2,(H,17,18). The van der Waals surface area contributed by atoms with Crippen molar-refractivity contribution < 1.29 is 23.1 Å². The largest absolute Gasteiger partial charge is 0.481 e. The molecule has 0 spiro atoms. The van der Waals surface area contributed by atoms with Crippen LogP contribution < -0.4 is 0 Å². The zero-order valence-corrected chi connectivity index (χ0v) is 11.0. The molecule has 0 aliphatic rings. The molecule has 0 aliphatic carbocycles. The lowest BCUT2D eigenvalue weighted by molar-refractivity contribution is -0.142. The minimum atomic E-state index is -4.24. The summed E-state index contributed by atoms with van der Waals surface area (Å²) >= 11 is 3.21. The molecule has 1 unspecified atom stereocenters. The fourth-order valence-corrected chi connectivity index (χ4v) is 2.24. The van der Waals surface area contributed by atoms with Gasteiger partial charge in [-0.2, -0.15) is 13.2 Å². The maximum absolute atomic E-state index is 12.0. The van der Waals surface area contributed by atoms with E-state index in [9.17, 15) is 18.0 Å². The van der Waals surface area contributed by atoms with Gasteiger partial charge in [-0.05, 0) is 24.5 Å². The molecule has 0 heterocycles. The van der Waals surface area contributed by atoms with Crippen molar-refractivity contribution in [2.45, 2.75) is 31.4 Å². The van der Waals surface area contributed by atoms with Crippen molar-refractivity contribution in [2.75, 3.05) is 0 Å². The summed E-state index contributed by atoms with van der Waals surface area (Å²) in [5.41, 5.74) is 0.507. The number of carbonyl (C=O) groups is 1. The maximum Gasteiger partial charge on any atom is 0.389 e. The van der Waals surface area contributed by atoms with E-state index in [1.807, 2.05) is 0 Å². The van der Waals surface area contributed by atoms with Crippen LogP contribution in [0.1, 0.15) is 30.7 Å². The van der Waals surface area contributed by atoms with Gasteiger partial charge in [0.05, 0.1) is 5.92 Å². The molecule has 0 bridgehead atoms. The molecular formula is C12H12BrF3O2. The van der Waals surface area contributed by atoms with Crippen LogP contribution in [-0.4, -0.2) is 17.3 Å². The minimum absolute atomic E-state index is 0.0303. The van der Waals surface area contributed by atoms with E-state index in [-0.39, 0.29) is 12.8 Å². The molecular weight excluding hydrogens is 313 g/mol. The molecule has 1 atom stereocenters. The summed E-state index contributed by atoms with van der Waals surface area (Å²) in [7, 11) is 0. The Balaban J connectivity index is 2.73. The van der Waals surface area contributed by atoms with Crippen molar-refractivity contribution in [2.24, 2.45) is 0 Å². The third kappa shape index (κ3) is 4.68. The van der Waals surface area contributed by atoms with E-state index in [4.69, 9.17) is 5.11 Å². The van der Waals surface area contributed by atoms with Crippen LogP contribution >= 0.6 is 15.9 Å². The van der Waals surface area contributed by atoms with Gasteiger partial charge in [-0.25, -0.2) is 0 Å². The second kappa shape index (κ2) is 6.22. The van der Waals surface area contributed by atoms with Crippen molar-refractivity contribution in [1.82, 2.24) is 0 Å². The fraction of sp³-hybridized carbons (Fsp3) is 0.417. The smallest absolute Gasteiger partial charge is 0.389 e. The minimum Gasteiger partial charge on any atom is -0.481 e. The van der Waals surface area contributed by atoms with Crippen LogP contribution in [0.3, 0.4) is 0 Å². The van der Waals surface area contributed by atoms with Crippen molar-refractivity contribution in [1.29, 1.82) is 0 Å². The molecule has 6 heteroatoms. The summed E-state index contributed by atoms with van der Waals surface area (Å²) in [6, 6.07) is 6.67. The van der Waals surface area contributed by atoms with Crippen molar-refractivity contribution in [3.8, 4) is 0 Å². The van der Waals surface area contributed by atoms with Crippen molar-refractivity contribution >= 4 is 21.9 Å². The van der Waals surface area contributed by atoms with Crippen LogP contribution in [0.4, 0.5) is 13.2 Å². The number of hydrogen-bond acceptors (Lipinski definition) is 1. The van der Waals surface area contributed by atoms with Crippen LogP contribution in [0.5, 0.6) is 0 Å². The van der Waals surface area contributed by atoms with E-state index in [0.717, 1.165) is 0 Å². The molecule has 1 rings (SSSR count). The highest BCUT2D eigenvalue weighted by Gasteiger charge is 2.28. The molecule has 0 amide bonds. The highest BCUT2D eigenvalue weighted by atomic mass is 79.9. The third-order valence-electron chi connectivity index (χ3n) is 2.53. The second-order valence-corrected chi connectivity index (χ2v) is 4.77. The van der Waals surface area contributed by atoms with Gasteiger partial charge < -0.3 is 5.11 Å². The molecule has 0 fully saturated rings. The summed E-state index contributed by atoms with van der Waals surface area (Å²) < 4.78 is 36.7. The Kier molecular flexibility index (Phi) is 5.19. The molecule has 0 radical (unpaired) electrons. The highest BCUT2D eigenvalue weighted by molar-refractivity contribution is 9.10. The van der Waals surface area contributed by atoms with E-state index >= 15 is 0 Å². The van der Waals surface area contributed by atoms with Gasteiger partial charge in [-0.15, -0.1) is 0 Å². The summed E-state index contributed by atoms with van der Waals surface area (Å²) in [6.07, 6.45) is -5.42. The molecule has 1 aromatic rings. The number of alkyl halides is 3. The van der Waals surface area contributed by atoms with E-state index < -0.39 is 24.5 Å². The van der Waals surface area contributed by atoms with Gasteiger partial charge in [0, 0.05) is 10.9 Å². The van der Waals surface area contributed by atoms with Crippen LogP contribution in [0.25, 0.3) is 0 Å². The van der Waals surface area contributed by atoms with E-state index in [1.54, 1.807) is 24.3 Å². The molecule has 1 N–H and O–H groups in total. The number of rotatable bonds is 5. The zero-order valence-electron chi connectivity index (χ0n) is 9.38. The first kappa shape index (κ1) is 15.0. The summed E-state index contributed by atoms with van der Waals surface area (Å²) in [5, 5.41) is 9.08. The summed E-state index contributed by atoms with van der Waals surface area (Å²) in [5.74, 6) is -2.02. The normalized spacial score (nSPS) is 13.3. The topological polar surface area (TPSA) is 37.3 Å². The molecule has 0 aliphatic heterocycles. The van der Waals surface area contributed by atoms with Crippen LogP contribution in [0, 0.1) is 0 Å². The highest BCUT2D eigenvalue weighted by Crippen LogP contribution is 2.31. The fourth-order valence-electron chi connectivity index (χ4n) is 1.68. The molecule has 100 valence electrons. The van der Waals surface area contributed by atoms with Gasteiger partial charge in [-0.3, -0.25) is 4.79 Å². The first-order valence-corrected chi connectivity index (χ1v) is 6.14. The maximum atomic E-state index is 12.0. The first-order valence-electron chi connectivity index (χ1n) is 5.35.